The fraction of sp³-hybridized carbons (Fsp3) is 0.400. The maximum Gasteiger partial charge on any atom is 0.340 e. The Morgan fingerprint density at radius 3 is 2.59 bits per heavy atom. The van der Waals surface area contributed by atoms with Gasteiger partial charge < -0.3 is 19.1 Å². The minimum absolute atomic E-state index is 0.135. The summed E-state index contributed by atoms with van der Waals surface area (Å²) in [6.45, 7) is 7.99. The minimum atomic E-state index is -0.403. The second kappa shape index (κ2) is 11.1. The second-order valence-corrected chi connectivity index (χ2v) is 9.90. The summed E-state index contributed by atoms with van der Waals surface area (Å²) in [5.74, 6) is -0.0558. The molecule has 34 heavy (non-hydrogen) atoms. The Balaban J connectivity index is 1.86. The lowest BCUT2D eigenvalue weighted by molar-refractivity contribution is 0.0340. The van der Waals surface area contributed by atoms with E-state index in [-0.39, 0.29) is 18.2 Å². The zero-order chi connectivity index (χ0) is 24.2. The van der Waals surface area contributed by atoms with Crippen LogP contribution in [0.15, 0.2) is 39.7 Å². The molecule has 0 amide bonds. The van der Waals surface area contributed by atoms with Crippen molar-refractivity contribution in [2.24, 2.45) is 0 Å². The summed E-state index contributed by atoms with van der Waals surface area (Å²) in [6.07, 6.45) is 0. The maximum atomic E-state index is 13.4. The van der Waals surface area contributed by atoms with Crippen LogP contribution >= 0.6 is 27.7 Å². The van der Waals surface area contributed by atoms with Crippen LogP contribution in [0, 0.1) is 5.82 Å². The molecule has 2 heterocycles. The molecule has 0 atom stereocenters. The standard InChI is InChI=1S/C25H28BrFN2O4S/c1-3-29-20-13-19(26)24(30)18(14-28-9-11-32-12-10-28)22(20)23(25(31)33-4-2)21(29)15-34-17-7-5-16(27)6-8-17/h5-8,13,30H,3-4,9-12,14-15H2,1-2H3. The smallest absolute Gasteiger partial charge is 0.340 e. The normalized spacial score (nSPS) is 14.6. The molecule has 0 aliphatic carbocycles. The fourth-order valence-corrected chi connectivity index (χ4v) is 5.74. The Kier molecular flexibility index (Phi) is 8.18. The molecule has 1 saturated heterocycles. The van der Waals surface area contributed by atoms with Gasteiger partial charge >= 0.3 is 5.97 Å². The molecule has 0 unspecified atom stereocenters. The van der Waals surface area contributed by atoms with Crippen LogP contribution in [0.5, 0.6) is 5.75 Å². The number of aromatic hydroxyl groups is 1. The lowest BCUT2D eigenvalue weighted by Gasteiger charge is -2.27. The van der Waals surface area contributed by atoms with Crippen molar-refractivity contribution in [1.29, 1.82) is 0 Å². The molecule has 2 aromatic carbocycles. The van der Waals surface area contributed by atoms with E-state index in [9.17, 15) is 14.3 Å². The highest BCUT2D eigenvalue weighted by Gasteiger charge is 2.29. The van der Waals surface area contributed by atoms with Crippen molar-refractivity contribution >= 4 is 44.6 Å². The Morgan fingerprint density at radius 1 is 1.24 bits per heavy atom. The van der Waals surface area contributed by atoms with Gasteiger partial charge in [0.15, 0.2) is 0 Å². The van der Waals surface area contributed by atoms with Gasteiger partial charge in [0.1, 0.15) is 11.6 Å². The van der Waals surface area contributed by atoms with Crippen molar-refractivity contribution in [3.05, 3.63) is 57.4 Å². The predicted octanol–water partition coefficient (Wildman–Crippen LogP) is 5.57. The Hall–Kier alpha value is -2.07. The van der Waals surface area contributed by atoms with Crippen molar-refractivity contribution in [3.8, 4) is 5.75 Å². The molecular formula is C25H28BrFN2O4S. The number of nitrogens with zero attached hydrogens (tertiary/aromatic N) is 2. The zero-order valence-corrected chi connectivity index (χ0v) is 21.7. The number of benzene rings is 2. The molecule has 0 spiro atoms. The fourth-order valence-electron chi connectivity index (χ4n) is 4.35. The first-order valence-electron chi connectivity index (χ1n) is 11.4. The van der Waals surface area contributed by atoms with Crippen molar-refractivity contribution in [2.45, 2.75) is 37.6 Å². The van der Waals surface area contributed by atoms with Crippen molar-refractivity contribution in [2.75, 3.05) is 32.9 Å². The lowest BCUT2D eigenvalue weighted by atomic mass is 10.0. The topological polar surface area (TPSA) is 63.9 Å². The van der Waals surface area contributed by atoms with Crippen LogP contribution in [0.2, 0.25) is 0 Å². The monoisotopic (exact) mass is 550 g/mol. The number of phenols is 1. The third kappa shape index (κ3) is 5.12. The number of morpholine rings is 1. The molecule has 3 aromatic rings. The number of aryl methyl sites for hydroxylation is 1. The second-order valence-electron chi connectivity index (χ2n) is 8.00. The van der Waals surface area contributed by atoms with Gasteiger partial charge in [-0.2, -0.15) is 0 Å². The summed E-state index contributed by atoms with van der Waals surface area (Å²) < 4.78 is 27.0. The van der Waals surface area contributed by atoms with Crippen molar-refractivity contribution < 1.29 is 23.8 Å². The molecule has 6 nitrogen and oxygen atoms in total. The van der Waals surface area contributed by atoms with Gasteiger partial charge in [-0.05, 0) is 60.1 Å². The first kappa shape index (κ1) is 25.0. The van der Waals surface area contributed by atoms with Crippen LogP contribution in [0.25, 0.3) is 10.9 Å². The summed E-state index contributed by atoms with van der Waals surface area (Å²) in [4.78, 5) is 16.4. The summed E-state index contributed by atoms with van der Waals surface area (Å²) >= 11 is 5.05. The van der Waals surface area contributed by atoms with Crippen molar-refractivity contribution in [3.63, 3.8) is 0 Å². The third-order valence-corrected chi connectivity index (χ3v) is 7.59. The Labute approximate surface area is 211 Å². The van der Waals surface area contributed by atoms with Gasteiger partial charge in [-0.1, -0.05) is 0 Å². The SMILES string of the molecule is CCOC(=O)c1c(CSc2ccc(F)cc2)n(CC)c2cc(Br)c(O)c(CN3CCOCC3)c12. The Morgan fingerprint density at radius 2 is 1.94 bits per heavy atom. The Bertz CT molecular complexity index is 1180. The van der Waals surface area contributed by atoms with Crippen molar-refractivity contribution in [1.82, 2.24) is 9.47 Å². The van der Waals surface area contributed by atoms with E-state index in [0.717, 1.165) is 34.6 Å². The molecule has 4 rings (SSSR count). The van der Waals surface area contributed by atoms with Crippen LogP contribution in [-0.4, -0.2) is 53.5 Å². The van der Waals surface area contributed by atoms with E-state index in [4.69, 9.17) is 9.47 Å². The number of ether oxygens (including phenoxy) is 2. The molecular weight excluding hydrogens is 523 g/mol. The van der Waals surface area contributed by atoms with Crippen LogP contribution in [0.4, 0.5) is 4.39 Å². The van der Waals surface area contributed by atoms with E-state index in [0.29, 0.717) is 47.7 Å². The van der Waals surface area contributed by atoms with E-state index in [1.54, 1.807) is 19.1 Å². The number of esters is 1. The minimum Gasteiger partial charge on any atom is -0.506 e. The third-order valence-electron chi connectivity index (χ3n) is 5.96. The van der Waals surface area contributed by atoms with Gasteiger partial charge in [0.2, 0.25) is 0 Å². The number of carbonyl (C=O) groups excluding carboxylic acids is 1. The summed E-state index contributed by atoms with van der Waals surface area (Å²) in [5, 5.41) is 11.8. The van der Waals surface area contributed by atoms with Gasteiger partial charge in [0.05, 0.1) is 35.4 Å². The van der Waals surface area contributed by atoms with Gasteiger partial charge in [0.25, 0.3) is 0 Å². The number of fused-ring (bicyclic) bond motifs is 1. The zero-order valence-electron chi connectivity index (χ0n) is 19.3. The van der Waals surface area contributed by atoms with E-state index < -0.39 is 5.97 Å². The number of aromatic nitrogens is 1. The first-order valence-corrected chi connectivity index (χ1v) is 13.1. The summed E-state index contributed by atoms with van der Waals surface area (Å²) in [7, 11) is 0. The van der Waals surface area contributed by atoms with E-state index in [1.807, 2.05) is 13.0 Å². The van der Waals surface area contributed by atoms with Gasteiger partial charge in [-0.25, -0.2) is 9.18 Å². The number of halogens is 2. The predicted molar refractivity (Wildman–Crippen MR) is 135 cm³/mol. The molecule has 1 aliphatic rings. The van der Waals surface area contributed by atoms with Gasteiger partial charge in [0, 0.05) is 53.5 Å². The highest BCUT2D eigenvalue weighted by atomic mass is 79.9. The highest BCUT2D eigenvalue weighted by Crippen LogP contribution is 2.41. The molecule has 1 N–H and O–H groups in total. The van der Waals surface area contributed by atoms with Crippen LogP contribution < -0.4 is 0 Å². The van der Waals surface area contributed by atoms with Gasteiger partial charge in [-0.3, -0.25) is 4.90 Å². The molecule has 9 heteroatoms. The molecule has 182 valence electrons. The van der Waals surface area contributed by atoms with E-state index in [1.165, 1.54) is 23.9 Å². The largest absolute Gasteiger partial charge is 0.506 e. The molecule has 1 aromatic heterocycles. The summed E-state index contributed by atoms with van der Waals surface area (Å²) in [5.41, 5.74) is 2.88. The van der Waals surface area contributed by atoms with E-state index in [2.05, 4.69) is 25.4 Å². The highest BCUT2D eigenvalue weighted by molar-refractivity contribution is 9.10. The molecule has 0 radical (unpaired) electrons. The average molecular weight is 551 g/mol. The van der Waals surface area contributed by atoms with Crippen LogP contribution in [-0.2, 0) is 28.3 Å². The van der Waals surface area contributed by atoms with Gasteiger partial charge in [-0.15, -0.1) is 11.8 Å². The number of hydrogen-bond acceptors (Lipinski definition) is 6. The number of hydrogen-bond donors (Lipinski definition) is 1. The summed E-state index contributed by atoms with van der Waals surface area (Å²) in [6, 6.07) is 8.19. The maximum absolute atomic E-state index is 13.4. The van der Waals surface area contributed by atoms with Crippen LogP contribution in [0.3, 0.4) is 0 Å². The lowest BCUT2D eigenvalue weighted by Crippen LogP contribution is -2.35. The molecule has 1 fully saturated rings. The molecule has 0 bridgehead atoms. The number of phenolic OH excluding ortho intramolecular Hbond substituents is 1. The van der Waals surface area contributed by atoms with Crippen LogP contribution in [0.1, 0.15) is 35.5 Å². The van der Waals surface area contributed by atoms with E-state index >= 15 is 0 Å². The average Bonchev–Trinajstić information content (AvgIpc) is 3.15. The quantitative estimate of drug-likeness (QED) is 0.292. The number of carbonyl (C=O) groups is 1. The number of thioether (sulfide) groups is 1. The molecule has 1 aliphatic heterocycles. The molecule has 0 saturated carbocycles. The number of rotatable bonds is 8. The first-order chi connectivity index (χ1) is 16.4.